The monoisotopic (exact) mass is 234 g/mol. The number of benzene rings is 1. The second-order valence-corrected chi connectivity index (χ2v) is 3.73. The number of ether oxygens (including phenoxy) is 1. The minimum absolute atomic E-state index is 0.346. The SMILES string of the molecule is COc1ccc(-c2cnc(N)c(Cl)c2)cc1. The summed E-state index contributed by atoms with van der Waals surface area (Å²) in [6.45, 7) is 0. The first-order chi connectivity index (χ1) is 7.70. The molecule has 16 heavy (non-hydrogen) atoms. The van der Waals surface area contributed by atoms with E-state index in [1.54, 1.807) is 19.4 Å². The molecule has 2 N–H and O–H groups in total. The quantitative estimate of drug-likeness (QED) is 0.869. The fraction of sp³-hybridized carbons (Fsp3) is 0.0833. The van der Waals surface area contributed by atoms with E-state index in [0.717, 1.165) is 16.9 Å². The Bertz CT molecular complexity index is 497. The van der Waals surface area contributed by atoms with Gasteiger partial charge in [0.1, 0.15) is 11.6 Å². The highest BCUT2D eigenvalue weighted by Crippen LogP contribution is 2.26. The highest BCUT2D eigenvalue weighted by atomic mass is 35.5. The van der Waals surface area contributed by atoms with E-state index in [0.29, 0.717) is 10.8 Å². The molecule has 2 rings (SSSR count). The van der Waals surface area contributed by atoms with Crippen molar-refractivity contribution >= 4 is 17.4 Å². The zero-order valence-corrected chi connectivity index (χ0v) is 9.53. The van der Waals surface area contributed by atoms with Crippen LogP contribution in [0.25, 0.3) is 11.1 Å². The van der Waals surface area contributed by atoms with Gasteiger partial charge in [0.15, 0.2) is 0 Å². The first-order valence-corrected chi connectivity index (χ1v) is 5.14. The van der Waals surface area contributed by atoms with Gasteiger partial charge in [-0.3, -0.25) is 0 Å². The van der Waals surface area contributed by atoms with Crippen molar-refractivity contribution in [3.63, 3.8) is 0 Å². The Kier molecular flexibility index (Phi) is 2.97. The standard InChI is InChI=1S/C12H11ClN2O/c1-16-10-4-2-8(3-5-10)9-6-11(13)12(14)15-7-9/h2-7H,1H3,(H2,14,15). The minimum Gasteiger partial charge on any atom is -0.497 e. The maximum atomic E-state index is 5.91. The van der Waals surface area contributed by atoms with Crippen molar-refractivity contribution in [2.24, 2.45) is 0 Å². The van der Waals surface area contributed by atoms with Gasteiger partial charge in [0.25, 0.3) is 0 Å². The van der Waals surface area contributed by atoms with Gasteiger partial charge in [-0.15, -0.1) is 0 Å². The maximum absolute atomic E-state index is 5.91. The lowest BCUT2D eigenvalue weighted by Crippen LogP contribution is -1.91. The molecule has 1 aromatic carbocycles. The molecule has 0 amide bonds. The lowest BCUT2D eigenvalue weighted by Gasteiger charge is -2.04. The van der Waals surface area contributed by atoms with E-state index < -0.39 is 0 Å². The molecule has 3 nitrogen and oxygen atoms in total. The molecule has 0 aliphatic carbocycles. The molecule has 0 saturated carbocycles. The van der Waals surface area contributed by atoms with Crippen molar-refractivity contribution < 1.29 is 4.74 Å². The van der Waals surface area contributed by atoms with Crippen LogP contribution < -0.4 is 10.5 Å². The number of hydrogen-bond acceptors (Lipinski definition) is 3. The molecule has 0 radical (unpaired) electrons. The number of aromatic nitrogens is 1. The lowest BCUT2D eigenvalue weighted by molar-refractivity contribution is 0.415. The van der Waals surface area contributed by atoms with Crippen molar-refractivity contribution in [2.45, 2.75) is 0 Å². The molecule has 0 fully saturated rings. The van der Waals surface area contributed by atoms with Crippen LogP contribution in [0.4, 0.5) is 5.82 Å². The number of anilines is 1. The summed E-state index contributed by atoms with van der Waals surface area (Å²) in [6.07, 6.45) is 1.70. The topological polar surface area (TPSA) is 48.1 Å². The van der Waals surface area contributed by atoms with E-state index in [2.05, 4.69) is 4.98 Å². The van der Waals surface area contributed by atoms with Gasteiger partial charge >= 0.3 is 0 Å². The Morgan fingerprint density at radius 1 is 1.19 bits per heavy atom. The Hall–Kier alpha value is -1.74. The van der Waals surface area contributed by atoms with Gasteiger partial charge in [-0.25, -0.2) is 4.98 Å². The van der Waals surface area contributed by atoms with Crippen LogP contribution >= 0.6 is 11.6 Å². The van der Waals surface area contributed by atoms with Crippen molar-refractivity contribution in [2.75, 3.05) is 12.8 Å². The molecule has 82 valence electrons. The van der Waals surface area contributed by atoms with E-state index in [4.69, 9.17) is 22.1 Å². The summed E-state index contributed by atoms with van der Waals surface area (Å²) in [7, 11) is 1.64. The molecule has 0 atom stereocenters. The van der Waals surface area contributed by atoms with Crippen molar-refractivity contribution in [1.29, 1.82) is 0 Å². The highest BCUT2D eigenvalue weighted by molar-refractivity contribution is 6.33. The molecular weight excluding hydrogens is 224 g/mol. The van der Waals surface area contributed by atoms with Gasteiger partial charge in [0.2, 0.25) is 0 Å². The second-order valence-electron chi connectivity index (χ2n) is 3.32. The zero-order chi connectivity index (χ0) is 11.5. The van der Waals surface area contributed by atoms with Crippen LogP contribution in [0.2, 0.25) is 5.02 Å². The van der Waals surface area contributed by atoms with Gasteiger partial charge in [0, 0.05) is 11.8 Å². The van der Waals surface area contributed by atoms with Gasteiger partial charge < -0.3 is 10.5 Å². The molecule has 4 heteroatoms. The third-order valence-electron chi connectivity index (χ3n) is 2.29. The Morgan fingerprint density at radius 2 is 1.88 bits per heavy atom. The van der Waals surface area contributed by atoms with Crippen molar-refractivity contribution in [3.8, 4) is 16.9 Å². The molecular formula is C12H11ClN2O. The number of nitrogens with zero attached hydrogens (tertiary/aromatic N) is 1. The fourth-order valence-electron chi connectivity index (χ4n) is 1.39. The zero-order valence-electron chi connectivity index (χ0n) is 8.77. The Labute approximate surface area is 98.8 Å². The Balaban J connectivity index is 2.38. The van der Waals surface area contributed by atoms with Gasteiger partial charge in [-0.1, -0.05) is 23.7 Å². The van der Waals surface area contributed by atoms with Crippen molar-refractivity contribution in [3.05, 3.63) is 41.6 Å². The van der Waals surface area contributed by atoms with Gasteiger partial charge in [-0.05, 0) is 23.8 Å². The van der Waals surface area contributed by atoms with E-state index in [9.17, 15) is 0 Å². The van der Waals surface area contributed by atoms with Crippen LogP contribution in [0.15, 0.2) is 36.5 Å². The lowest BCUT2D eigenvalue weighted by atomic mass is 10.1. The molecule has 2 aromatic rings. The number of nitrogens with two attached hydrogens (primary N) is 1. The van der Waals surface area contributed by atoms with Gasteiger partial charge in [0.05, 0.1) is 12.1 Å². The first-order valence-electron chi connectivity index (χ1n) is 4.76. The summed E-state index contributed by atoms with van der Waals surface area (Å²) in [4.78, 5) is 4.01. The summed E-state index contributed by atoms with van der Waals surface area (Å²) < 4.78 is 5.09. The molecule has 0 aliphatic rings. The van der Waals surface area contributed by atoms with E-state index >= 15 is 0 Å². The summed E-state index contributed by atoms with van der Waals surface area (Å²) in [5.41, 5.74) is 7.50. The average molecular weight is 235 g/mol. The Morgan fingerprint density at radius 3 is 2.44 bits per heavy atom. The summed E-state index contributed by atoms with van der Waals surface area (Å²) in [5.74, 6) is 1.16. The molecule has 1 heterocycles. The minimum atomic E-state index is 0.346. The van der Waals surface area contributed by atoms with Crippen molar-refractivity contribution in [1.82, 2.24) is 4.98 Å². The molecule has 0 aliphatic heterocycles. The molecule has 0 bridgehead atoms. The highest BCUT2D eigenvalue weighted by Gasteiger charge is 2.02. The van der Waals surface area contributed by atoms with E-state index in [1.165, 1.54) is 0 Å². The number of nitrogen functional groups attached to an aromatic ring is 1. The number of pyridine rings is 1. The first kappa shape index (κ1) is 10.8. The predicted molar refractivity (Wildman–Crippen MR) is 65.6 cm³/mol. The van der Waals surface area contributed by atoms with Crippen LogP contribution in [0.3, 0.4) is 0 Å². The fourth-order valence-corrected chi connectivity index (χ4v) is 1.56. The maximum Gasteiger partial charge on any atom is 0.142 e. The van der Waals surface area contributed by atoms with Crippen LogP contribution in [0, 0.1) is 0 Å². The second kappa shape index (κ2) is 4.41. The predicted octanol–water partition coefficient (Wildman–Crippen LogP) is 2.99. The smallest absolute Gasteiger partial charge is 0.142 e. The number of methoxy groups -OCH3 is 1. The average Bonchev–Trinajstić information content (AvgIpc) is 2.33. The molecule has 0 saturated heterocycles. The third-order valence-corrected chi connectivity index (χ3v) is 2.60. The van der Waals surface area contributed by atoms with Gasteiger partial charge in [-0.2, -0.15) is 0 Å². The summed E-state index contributed by atoms with van der Waals surface area (Å²) >= 11 is 5.91. The third kappa shape index (κ3) is 2.09. The largest absolute Gasteiger partial charge is 0.497 e. The summed E-state index contributed by atoms with van der Waals surface area (Å²) in [5, 5.41) is 0.466. The molecule has 0 unspecified atom stereocenters. The number of halogens is 1. The molecule has 0 spiro atoms. The van der Waals surface area contributed by atoms with Crippen LogP contribution in [-0.2, 0) is 0 Å². The number of rotatable bonds is 2. The molecule has 1 aromatic heterocycles. The van der Waals surface area contributed by atoms with E-state index in [-0.39, 0.29) is 0 Å². The van der Waals surface area contributed by atoms with Crippen LogP contribution in [0.1, 0.15) is 0 Å². The van der Waals surface area contributed by atoms with Crippen LogP contribution in [0.5, 0.6) is 5.75 Å². The number of hydrogen-bond donors (Lipinski definition) is 1. The van der Waals surface area contributed by atoms with Crippen LogP contribution in [-0.4, -0.2) is 12.1 Å². The normalized spacial score (nSPS) is 10.1. The van der Waals surface area contributed by atoms with E-state index in [1.807, 2.05) is 24.3 Å². The summed E-state index contributed by atoms with van der Waals surface area (Å²) in [6, 6.07) is 9.47.